The largest absolute Gasteiger partial charge is 0.345 e. The first-order valence-corrected chi connectivity index (χ1v) is 9.02. The number of rotatable bonds is 2. The number of urea groups is 1. The Bertz CT molecular complexity index is 994. The zero-order valence-electron chi connectivity index (χ0n) is 14.5. The number of fused-ring (bicyclic) bond motifs is 1. The zero-order valence-corrected chi connectivity index (χ0v) is 15.2. The first kappa shape index (κ1) is 17.4. The molecule has 1 aromatic heterocycles. The van der Waals surface area contributed by atoms with Gasteiger partial charge >= 0.3 is 6.03 Å². The molecule has 138 valence electrons. The molecule has 0 radical (unpaired) electrons. The lowest BCUT2D eigenvalue weighted by Gasteiger charge is -2.34. The highest BCUT2D eigenvalue weighted by molar-refractivity contribution is 6.30. The molecule has 2 heterocycles. The fourth-order valence-corrected chi connectivity index (χ4v) is 3.32. The molecular formula is C19H18ClN5O2. The maximum Gasteiger partial charge on any atom is 0.321 e. The van der Waals surface area contributed by atoms with Crippen molar-refractivity contribution in [1.82, 2.24) is 19.8 Å². The molecule has 0 atom stereocenters. The fourth-order valence-electron chi connectivity index (χ4n) is 3.13. The fraction of sp³-hybridized carbons (Fsp3) is 0.211. The number of carbonyl (C=O) groups is 2. The quantitative estimate of drug-likeness (QED) is 0.713. The zero-order chi connectivity index (χ0) is 18.8. The van der Waals surface area contributed by atoms with E-state index in [4.69, 9.17) is 11.6 Å². The number of nitrogens with one attached hydrogen (secondary N) is 2. The maximum atomic E-state index is 12.7. The molecule has 0 unspecified atom stereocenters. The lowest BCUT2D eigenvalue weighted by Crippen LogP contribution is -2.51. The number of piperazine rings is 1. The SMILES string of the molecule is O=C(Nc1cccc(Cl)c1)N1CCN(C(=O)c2ccc3nc[nH]c3c2)CC1. The van der Waals surface area contributed by atoms with Crippen molar-refractivity contribution in [3.05, 3.63) is 59.4 Å². The van der Waals surface area contributed by atoms with Crippen molar-refractivity contribution in [2.24, 2.45) is 0 Å². The Balaban J connectivity index is 1.36. The van der Waals surface area contributed by atoms with E-state index in [1.54, 1.807) is 46.5 Å². The minimum atomic E-state index is -0.191. The van der Waals surface area contributed by atoms with Gasteiger partial charge in [0.2, 0.25) is 0 Å². The van der Waals surface area contributed by atoms with Crippen LogP contribution in [0.15, 0.2) is 48.8 Å². The van der Waals surface area contributed by atoms with Crippen molar-refractivity contribution in [3.8, 4) is 0 Å². The minimum Gasteiger partial charge on any atom is -0.345 e. The Morgan fingerprint density at radius 2 is 1.81 bits per heavy atom. The number of amides is 3. The van der Waals surface area contributed by atoms with E-state index in [0.29, 0.717) is 42.5 Å². The molecule has 3 aromatic rings. The molecule has 1 aliphatic rings. The third kappa shape index (κ3) is 3.73. The third-order valence-corrected chi connectivity index (χ3v) is 4.83. The average Bonchev–Trinajstić information content (AvgIpc) is 3.15. The number of carbonyl (C=O) groups excluding carboxylic acids is 2. The summed E-state index contributed by atoms with van der Waals surface area (Å²) < 4.78 is 0. The van der Waals surface area contributed by atoms with Gasteiger partial charge in [-0.25, -0.2) is 9.78 Å². The van der Waals surface area contributed by atoms with Crippen molar-refractivity contribution in [3.63, 3.8) is 0 Å². The van der Waals surface area contributed by atoms with Crippen molar-refractivity contribution in [2.75, 3.05) is 31.5 Å². The number of hydrogen-bond donors (Lipinski definition) is 2. The number of benzene rings is 2. The molecule has 1 fully saturated rings. The van der Waals surface area contributed by atoms with Crippen LogP contribution in [-0.2, 0) is 0 Å². The number of nitrogens with zero attached hydrogens (tertiary/aromatic N) is 3. The van der Waals surface area contributed by atoms with E-state index in [1.807, 2.05) is 12.1 Å². The topological polar surface area (TPSA) is 81.3 Å². The number of H-pyrrole nitrogens is 1. The van der Waals surface area contributed by atoms with Crippen LogP contribution in [-0.4, -0.2) is 57.9 Å². The Labute approximate surface area is 160 Å². The summed E-state index contributed by atoms with van der Waals surface area (Å²) in [6.07, 6.45) is 1.61. The standard InChI is InChI=1S/C19H18ClN5O2/c20-14-2-1-3-15(11-14)23-19(27)25-8-6-24(7-9-25)18(26)13-4-5-16-17(10-13)22-12-21-16/h1-5,10-12H,6-9H2,(H,21,22)(H,23,27). The Morgan fingerprint density at radius 3 is 2.59 bits per heavy atom. The van der Waals surface area contributed by atoms with Crippen molar-refractivity contribution >= 4 is 40.3 Å². The van der Waals surface area contributed by atoms with Crippen LogP contribution in [0, 0.1) is 0 Å². The van der Waals surface area contributed by atoms with Gasteiger partial charge in [-0.15, -0.1) is 0 Å². The molecule has 27 heavy (non-hydrogen) atoms. The van der Waals surface area contributed by atoms with E-state index in [0.717, 1.165) is 11.0 Å². The van der Waals surface area contributed by atoms with E-state index in [1.165, 1.54) is 0 Å². The smallest absolute Gasteiger partial charge is 0.321 e. The highest BCUT2D eigenvalue weighted by Gasteiger charge is 2.25. The summed E-state index contributed by atoms with van der Waals surface area (Å²) in [5.41, 5.74) is 2.93. The molecule has 2 N–H and O–H groups in total. The number of hydrogen-bond acceptors (Lipinski definition) is 3. The molecule has 8 heteroatoms. The molecule has 4 rings (SSSR count). The Morgan fingerprint density at radius 1 is 1.04 bits per heavy atom. The van der Waals surface area contributed by atoms with Gasteiger partial charge in [-0.1, -0.05) is 17.7 Å². The Kier molecular flexibility index (Phi) is 4.68. The summed E-state index contributed by atoms with van der Waals surface area (Å²) in [4.78, 5) is 35.8. The van der Waals surface area contributed by atoms with Crippen LogP contribution in [0.4, 0.5) is 10.5 Å². The summed E-state index contributed by atoms with van der Waals surface area (Å²) in [5.74, 6) is -0.0404. The van der Waals surface area contributed by atoms with Crippen molar-refractivity contribution in [1.29, 1.82) is 0 Å². The van der Waals surface area contributed by atoms with Crippen molar-refractivity contribution in [2.45, 2.75) is 0 Å². The van der Waals surface area contributed by atoms with E-state index >= 15 is 0 Å². The van der Waals surface area contributed by atoms with Gasteiger partial charge in [0.25, 0.3) is 5.91 Å². The van der Waals surface area contributed by atoms with E-state index < -0.39 is 0 Å². The van der Waals surface area contributed by atoms with Crippen molar-refractivity contribution < 1.29 is 9.59 Å². The van der Waals surface area contributed by atoms with E-state index in [-0.39, 0.29) is 11.9 Å². The van der Waals surface area contributed by atoms with Gasteiger partial charge in [-0.05, 0) is 36.4 Å². The lowest BCUT2D eigenvalue weighted by atomic mass is 10.1. The van der Waals surface area contributed by atoms with Crippen LogP contribution in [0.3, 0.4) is 0 Å². The summed E-state index contributed by atoms with van der Waals surface area (Å²) >= 11 is 5.94. The number of anilines is 1. The number of imidazole rings is 1. The molecular weight excluding hydrogens is 366 g/mol. The third-order valence-electron chi connectivity index (χ3n) is 4.60. The van der Waals surface area contributed by atoms with E-state index in [2.05, 4.69) is 15.3 Å². The van der Waals surface area contributed by atoms with E-state index in [9.17, 15) is 9.59 Å². The van der Waals surface area contributed by atoms with Crippen LogP contribution >= 0.6 is 11.6 Å². The first-order chi connectivity index (χ1) is 13.1. The molecule has 0 spiro atoms. The number of halogens is 1. The second-order valence-electron chi connectivity index (χ2n) is 6.35. The molecule has 1 aliphatic heterocycles. The molecule has 2 aromatic carbocycles. The van der Waals surface area contributed by atoms with Gasteiger partial charge < -0.3 is 20.1 Å². The average molecular weight is 384 g/mol. The summed E-state index contributed by atoms with van der Waals surface area (Å²) in [6.45, 7) is 1.93. The molecule has 7 nitrogen and oxygen atoms in total. The van der Waals surface area contributed by atoms with Gasteiger partial charge in [0.15, 0.2) is 0 Å². The monoisotopic (exact) mass is 383 g/mol. The van der Waals surface area contributed by atoms with Gasteiger partial charge in [0.1, 0.15) is 0 Å². The van der Waals surface area contributed by atoms with Crippen LogP contribution in [0.1, 0.15) is 10.4 Å². The highest BCUT2D eigenvalue weighted by Crippen LogP contribution is 2.17. The molecule has 0 saturated carbocycles. The van der Waals surface area contributed by atoms with Crippen LogP contribution in [0.2, 0.25) is 5.02 Å². The molecule has 0 aliphatic carbocycles. The predicted molar refractivity (Wildman–Crippen MR) is 104 cm³/mol. The van der Waals surface area contributed by atoms with Crippen LogP contribution in [0.25, 0.3) is 11.0 Å². The normalized spacial score (nSPS) is 14.4. The predicted octanol–water partition coefficient (Wildman–Crippen LogP) is 3.21. The lowest BCUT2D eigenvalue weighted by molar-refractivity contribution is 0.0672. The van der Waals surface area contributed by atoms with Gasteiger partial charge in [-0.2, -0.15) is 0 Å². The van der Waals surface area contributed by atoms with Gasteiger partial charge in [0, 0.05) is 42.5 Å². The van der Waals surface area contributed by atoms with Crippen LogP contribution in [0.5, 0.6) is 0 Å². The minimum absolute atomic E-state index is 0.0404. The summed E-state index contributed by atoms with van der Waals surface area (Å²) in [5, 5.41) is 3.40. The summed E-state index contributed by atoms with van der Waals surface area (Å²) in [6, 6.07) is 12.2. The Hall–Kier alpha value is -3.06. The molecule has 1 saturated heterocycles. The molecule has 3 amide bonds. The second-order valence-corrected chi connectivity index (χ2v) is 6.79. The number of aromatic nitrogens is 2. The number of aromatic amines is 1. The second kappa shape index (κ2) is 7.28. The highest BCUT2D eigenvalue weighted by atomic mass is 35.5. The van der Waals surface area contributed by atoms with Crippen LogP contribution < -0.4 is 5.32 Å². The first-order valence-electron chi connectivity index (χ1n) is 8.64. The summed E-state index contributed by atoms with van der Waals surface area (Å²) in [7, 11) is 0. The maximum absolute atomic E-state index is 12.7. The van der Waals surface area contributed by atoms with Gasteiger partial charge in [-0.3, -0.25) is 4.79 Å². The van der Waals surface area contributed by atoms with Gasteiger partial charge in [0.05, 0.1) is 17.4 Å². The molecule has 0 bridgehead atoms.